The molecule has 0 aliphatic carbocycles. The highest BCUT2D eigenvalue weighted by atomic mass is 16.5. The van der Waals surface area contributed by atoms with Crippen LogP contribution in [0.4, 0.5) is 5.69 Å². The predicted octanol–water partition coefficient (Wildman–Crippen LogP) is 2.84. The van der Waals surface area contributed by atoms with Gasteiger partial charge in [-0.2, -0.15) is 0 Å². The van der Waals surface area contributed by atoms with E-state index in [0.717, 1.165) is 44.5 Å². The number of anilines is 1. The molecule has 0 aromatic carbocycles. The summed E-state index contributed by atoms with van der Waals surface area (Å²) in [5, 5.41) is 6.15. The van der Waals surface area contributed by atoms with Crippen molar-refractivity contribution < 1.29 is 9.53 Å². The van der Waals surface area contributed by atoms with Crippen molar-refractivity contribution >= 4 is 11.6 Å². The van der Waals surface area contributed by atoms with Crippen LogP contribution >= 0.6 is 0 Å². The Balaban J connectivity index is 2.31. The maximum atomic E-state index is 12.1. The summed E-state index contributed by atoms with van der Waals surface area (Å²) in [5.41, 5.74) is 1.43. The molecular weight excluding hydrogens is 266 g/mol. The fraction of sp³-hybridized carbons (Fsp3) is 0.625. The number of ether oxygens (including phenoxy) is 1. The first-order valence-corrected chi connectivity index (χ1v) is 7.83. The largest absolute Gasteiger partial charge is 0.384 e. The lowest BCUT2D eigenvalue weighted by molar-refractivity contribution is 0.0941. The van der Waals surface area contributed by atoms with Gasteiger partial charge in [0.1, 0.15) is 0 Å². The van der Waals surface area contributed by atoms with E-state index in [4.69, 9.17) is 4.74 Å². The lowest BCUT2D eigenvalue weighted by Crippen LogP contribution is -2.26. The smallest absolute Gasteiger partial charge is 0.254 e. The maximum Gasteiger partial charge on any atom is 0.254 e. The molecule has 1 heterocycles. The molecule has 118 valence electrons. The minimum absolute atomic E-state index is 0.0877. The Hall–Kier alpha value is -1.62. The molecule has 2 N–H and O–H groups in total. The topological polar surface area (TPSA) is 63.2 Å². The summed E-state index contributed by atoms with van der Waals surface area (Å²) in [6.07, 6.45) is 7.37. The molecule has 0 atom stereocenters. The number of nitrogens with zero attached hydrogens (tertiary/aromatic N) is 1. The first-order valence-electron chi connectivity index (χ1n) is 7.83. The Morgan fingerprint density at radius 1 is 1.19 bits per heavy atom. The summed E-state index contributed by atoms with van der Waals surface area (Å²) < 4.78 is 5.46. The van der Waals surface area contributed by atoms with Crippen LogP contribution in [-0.2, 0) is 4.74 Å². The van der Waals surface area contributed by atoms with Gasteiger partial charge >= 0.3 is 0 Å². The van der Waals surface area contributed by atoms with Gasteiger partial charge in [-0.3, -0.25) is 9.78 Å². The van der Waals surface area contributed by atoms with Crippen molar-refractivity contribution in [1.82, 2.24) is 10.3 Å². The van der Waals surface area contributed by atoms with Crippen molar-refractivity contribution in [3.05, 3.63) is 24.0 Å². The van der Waals surface area contributed by atoms with Gasteiger partial charge in [0.25, 0.3) is 5.91 Å². The Bertz CT molecular complexity index is 410. The van der Waals surface area contributed by atoms with Crippen LogP contribution in [0.5, 0.6) is 0 Å². The van der Waals surface area contributed by atoms with Gasteiger partial charge in [-0.15, -0.1) is 0 Å². The fourth-order valence-electron chi connectivity index (χ4n) is 1.81. The predicted molar refractivity (Wildman–Crippen MR) is 85.7 cm³/mol. The second-order valence-electron chi connectivity index (χ2n) is 4.92. The Morgan fingerprint density at radius 2 is 2.00 bits per heavy atom. The van der Waals surface area contributed by atoms with Gasteiger partial charge in [0.05, 0.1) is 11.3 Å². The van der Waals surface area contributed by atoms with E-state index >= 15 is 0 Å². The summed E-state index contributed by atoms with van der Waals surface area (Å²) in [7, 11) is 0. The van der Waals surface area contributed by atoms with Crippen molar-refractivity contribution in [2.75, 3.05) is 31.6 Å². The van der Waals surface area contributed by atoms with Crippen LogP contribution < -0.4 is 10.6 Å². The van der Waals surface area contributed by atoms with Gasteiger partial charge in [0.15, 0.2) is 0 Å². The molecule has 0 saturated carbocycles. The summed E-state index contributed by atoms with van der Waals surface area (Å²) in [6.45, 7) is 7.18. The lowest BCUT2D eigenvalue weighted by atomic mass is 10.2. The number of hydrogen-bond donors (Lipinski definition) is 2. The number of amides is 1. The Kier molecular flexibility index (Phi) is 9.20. The molecule has 0 saturated heterocycles. The Labute approximate surface area is 127 Å². The van der Waals surface area contributed by atoms with E-state index in [1.165, 1.54) is 0 Å². The number of hydrogen-bond acceptors (Lipinski definition) is 4. The second-order valence-corrected chi connectivity index (χ2v) is 4.92. The molecule has 0 radical (unpaired) electrons. The molecule has 0 bridgehead atoms. The molecule has 0 spiro atoms. The number of carbonyl (C=O) groups is 1. The number of aromatic nitrogens is 1. The molecule has 1 rings (SSSR count). The van der Waals surface area contributed by atoms with Crippen LogP contribution in [0.3, 0.4) is 0 Å². The van der Waals surface area contributed by atoms with Crippen LogP contribution in [0.25, 0.3) is 0 Å². The minimum Gasteiger partial charge on any atom is -0.384 e. The average molecular weight is 293 g/mol. The van der Waals surface area contributed by atoms with E-state index in [1.54, 1.807) is 12.4 Å². The first kappa shape index (κ1) is 17.4. The molecule has 5 nitrogen and oxygen atoms in total. The summed E-state index contributed by atoms with van der Waals surface area (Å²) in [4.78, 5) is 16.2. The molecule has 0 fully saturated rings. The molecule has 1 aromatic heterocycles. The second kappa shape index (κ2) is 11.1. The van der Waals surface area contributed by atoms with Crippen molar-refractivity contribution in [2.24, 2.45) is 0 Å². The zero-order valence-electron chi connectivity index (χ0n) is 13.2. The molecule has 1 amide bonds. The highest BCUT2D eigenvalue weighted by Gasteiger charge is 2.10. The lowest BCUT2D eigenvalue weighted by Gasteiger charge is -2.11. The molecule has 1 aromatic rings. The van der Waals surface area contributed by atoms with Gasteiger partial charge in [-0.05, 0) is 25.3 Å². The Morgan fingerprint density at radius 3 is 2.76 bits per heavy atom. The van der Waals surface area contributed by atoms with Crippen LogP contribution in [0.15, 0.2) is 18.5 Å². The highest BCUT2D eigenvalue weighted by molar-refractivity contribution is 5.99. The van der Waals surface area contributed by atoms with Gasteiger partial charge in [-0.25, -0.2) is 0 Å². The third-order valence-corrected chi connectivity index (χ3v) is 3.02. The van der Waals surface area contributed by atoms with Crippen molar-refractivity contribution in [1.29, 1.82) is 0 Å². The average Bonchev–Trinajstić information content (AvgIpc) is 2.52. The van der Waals surface area contributed by atoms with E-state index in [2.05, 4.69) is 29.5 Å². The number of pyridine rings is 1. The summed E-state index contributed by atoms with van der Waals surface area (Å²) in [5.74, 6) is -0.0877. The van der Waals surface area contributed by atoms with Gasteiger partial charge in [0.2, 0.25) is 0 Å². The van der Waals surface area contributed by atoms with Gasteiger partial charge in [-0.1, -0.05) is 20.3 Å². The van der Waals surface area contributed by atoms with E-state index in [-0.39, 0.29) is 5.91 Å². The number of carbonyl (C=O) groups excluding carboxylic acids is 1. The molecule has 0 unspecified atom stereocenters. The van der Waals surface area contributed by atoms with Crippen LogP contribution in [0.1, 0.15) is 49.9 Å². The van der Waals surface area contributed by atoms with Crippen molar-refractivity contribution in [3.63, 3.8) is 0 Å². The highest BCUT2D eigenvalue weighted by Crippen LogP contribution is 2.13. The summed E-state index contributed by atoms with van der Waals surface area (Å²) >= 11 is 0. The van der Waals surface area contributed by atoms with E-state index < -0.39 is 0 Å². The summed E-state index contributed by atoms with van der Waals surface area (Å²) in [6, 6.07) is 1.83. The van der Waals surface area contributed by atoms with Crippen molar-refractivity contribution in [3.8, 4) is 0 Å². The van der Waals surface area contributed by atoms with Gasteiger partial charge < -0.3 is 15.4 Å². The van der Waals surface area contributed by atoms with E-state index in [1.807, 2.05) is 6.07 Å². The molecular formula is C16H27N3O2. The zero-order valence-corrected chi connectivity index (χ0v) is 13.2. The molecule has 0 aliphatic heterocycles. The normalized spacial score (nSPS) is 10.4. The van der Waals surface area contributed by atoms with Gasteiger partial charge in [0, 0.05) is 38.7 Å². The van der Waals surface area contributed by atoms with Crippen LogP contribution in [0.2, 0.25) is 0 Å². The molecule has 21 heavy (non-hydrogen) atoms. The zero-order chi connectivity index (χ0) is 15.3. The molecule has 0 aliphatic rings. The number of nitrogens with one attached hydrogen (secondary N) is 2. The number of unbranched alkanes of at least 4 members (excludes halogenated alkanes) is 1. The number of rotatable bonds is 11. The third-order valence-electron chi connectivity index (χ3n) is 3.02. The quantitative estimate of drug-likeness (QED) is 0.616. The fourth-order valence-corrected chi connectivity index (χ4v) is 1.81. The standard InChI is InChI=1S/C16H27N3O2/c1-3-5-11-21-12-6-9-19-16(20)14-13-17-10-7-15(14)18-8-4-2/h7,10,13H,3-6,8-9,11-12H2,1-2H3,(H,17,18)(H,19,20). The minimum atomic E-state index is -0.0877. The molecule has 5 heteroatoms. The van der Waals surface area contributed by atoms with E-state index in [0.29, 0.717) is 18.7 Å². The first-order chi connectivity index (χ1) is 10.3. The SMILES string of the molecule is CCCCOCCCNC(=O)c1cnccc1NCCC. The van der Waals surface area contributed by atoms with Crippen molar-refractivity contribution in [2.45, 2.75) is 39.5 Å². The third kappa shape index (κ3) is 7.09. The van der Waals surface area contributed by atoms with Crippen LogP contribution in [-0.4, -0.2) is 37.2 Å². The monoisotopic (exact) mass is 293 g/mol. The van der Waals surface area contributed by atoms with E-state index in [9.17, 15) is 4.79 Å². The van der Waals surface area contributed by atoms with Crippen LogP contribution in [0, 0.1) is 0 Å². The maximum absolute atomic E-state index is 12.1.